The summed E-state index contributed by atoms with van der Waals surface area (Å²) in [5.74, 6) is -0.822. The zero-order valence-electron chi connectivity index (χ0n) is 16.9. The van der Waals surface area contributed by atoms with E-state index >= 15 is 0 Å². The second kappa shape index (κ2) is 9.18. The van der Waals surface area contributed by atoms with E-state index in [1.807, 2.05) is 37.3 Å². The number of hydrogen-bond acceptors (Lipinski definition) is 4. The molecule has 4 nitrogen and oxygen atoms in total. The Morgan fingerprint density at radius 3 is 2.26 bits per heavy atom. The first kappa shape index (κ1) is 20.9. The Balaban J connectivity index is 1.80. The third kappa shape index (κ3) is 4.25. The maximum atomic E-state index is 13.5. The molecule has 3 aromatic rings. The molecule has 1 aliphatic rings. The second-order valence-corrected chi connectivity index (χ2v) is 7.97. The average molecular weight is 434 g/mol. The fourth-order valence-electron chi connectivity index (χ4n) is 3.28. The molecule has 2 amide bonds. The van der Waals surface area contributed by atoms with Crippen molar-refractivity contribution < 1.29 is 18.7 Å². The van der Waals surface area contributed by atoms with Crippen LogP contribution in [0, 0.1) is 5.82 Å². The van der Waals surface area contributed by atoms with Crippen LogP contribution < -0.4 is 9.64 Å². The number of hydrogen-bond donors (Lipinski definition) is 0. The molecule has 0 saturated carbocycles. The molecule has 0 radical (unpaired) electrons. The number of imide groups is 1. The van der Waals surface area contributed by atoms with E-state index in [0.717, 1.165) is 16.2 Å². The number of thioether (sulfide) groups is 1. The van der Waals surface area contributed by atoms with E-state index in [-0.39, 0.29) is 5.57 Å². The van der Waals surface area contributed by atoms with E-state index in [2.05, 4.69) is 0 Å². The number of amides is 2. The van der Waals surface area contributed by atoms with Crippen LogP contribution in [0.5, 0.6) is 5.75 Å². The van der Waals surface area contributed by atoms with Gasteiger partial charge < -0.3 is 4.74 Å². The minimum absolute atomic E-state index is 0.254. The standard InChI is InChI=1S/C25H20FNO3S/c1-2-16-30-21-11-7-6-10-20(21)27-24(28)22(17-12-14-18(26)15-13-17)23(25(27)29)31-19-8-4-3-5-9-19/h3-15H,2,16H2,1H3. The van der Waals surface area contributed by atoms with Crippen molar-refractivity contribution in [1.82, 2.24) is 0 Å². The van der Waals surface area contributed by atoms with Gasteiger partial charge in [0.05, 0.1) is 22.8 Å². The van der Waals surface area contributed by atoms with E-state index in [4.69, 9.17) is 4.74 Å². The van der Waals surface area contributed by atoms with Gasteiger partial charge in [0.2, 0.25) is 0 Å². The molecule has 0 unspecified atom stereocenters. The molecule has 0 aromatic heterocycles. The van der Waals surface area contributed by atoms with Gasteiger partial charge in [0.15, 0.2) is 0 Å². The van der Waals surface area contributed by atoms with E-state index in [0.29, 0.717) is 28.5 Å². The van der Waals surface area contributed by atoms with Crippen molar-refractivity contribution in [1.29, 1.82) is 0 Å². The summed E-state index contributed by atoms with van der Waals surface area (Å²) in [6.45, 7) is 2.45. The number of ether oxygens (including phenoxy) is 1. The Labute approximate surface area is 184 Å². The fraction of sp³-hybridized carbons (Fsp3) is 0.120. The van der Waals surface area contributed by atoms with Crippen LogP contribution in [0.25, 0.3) is 5.57 Å². The SMILES string of the molecule is CCCOc1ccccc1N1C(=O)C(Sc2ccccc2)=C(c2ccc(F)cc2)C1=O. The average Bonchev–Trinajstić information content (AvgIpc) is 3.03. The highest BCUT2D eigenvalue weighted by atomic mass is 32.2. The van der Waals surface area contributed by atoms with Crippen LogP contribution in [-0.2, 0) is 9.59 Å². The van der Waals surface area contributed by atoms with Gasteiger partial charge in [0.25, 0.3) is 11.8 Å². The lowest BCUT2D eigenvalue weighted by atomic mass is 10.1. The largest absolute Gasteiger partial charge is 0.491 e. The topological polar surface area (TPSA) is 46.6 Å². The number of anilines is 1. The molecule has 3 aromatic carbocycles. The first-order valence-electron chi connectivity index (χ1n) is 9.94. The molecule has 1 heterocycles. The smallest absolute Gasteiger partial charge is 0.273 e. The number of carbonyl (C=O) groups is 2. The zero-order valence-corrected chi connectivity index (χ0v) is 17.7. The van der Waals surface area contributed by atoms with Crippen LogP contribution in [0.1, 0.15) is 18.9 Å². The Kier molecular flexibility index (Phi) is 6.18. The third-order valence-electron chi connectivity index (χ3n) is 4.71. The lowest BCUT2D eigenvalue weighted by molar-refractivity contribution is -0.119. The van der Waals surface area contributed by atoms with Gasteiger partial charge in [-0.15, -0.1) is 0 Å². The summed E-state index contributed by atoms with van der Waals surface area (Å²) in [4.78, 5) is 29.3. The number of para-hydroxylation sites is 2. The van der Waals surface area contributed by atoms with E-state index in [1.54, 1.807) is 24.3 Å². The van der Waals surface area contributed by atoms with Crippen LogP contribution in [-0.4, -0.2) is 18.4 Å². The highest BCUT2D eigenvalue weighted by Gasteiger charge is 2.41. The summed E-state index contributed by atoms with van der Waals surface area (Å²) >= 11 is 1.23. The molecule has 31 heavy (non-hydrogen) atoms. The summed E-state index contributed by atoms with van der Waals surface area (Å²) in [6.07, 6.45) is 0.796. The van der Waals surface area contributed by atoms with Crippen molar-refractivity contribution in [2.45, 2.75) is 18.2 Å². The van der Waals surface area contributed by atoms with Gasteiger partial charge in [-0.2, -0.15) is 0 Å². The molecule has 156 valence electrons. The van der Waals surface area contributed by atoms with Crippen molar-refractivity contribution in [3.8, 4) is 5.75 Å². The van der Waals surface area contributed by atoms with Crippen molar-refractivity contribution >= 4 is 34.8 Å². The van der Waals surface area contributed by atoms with Crippen molar-refractivity contribution in [3.05, 3.63) is 95.1 Å². The van der Waals surface area contributed by atoms with Gasteiger partial charge in [-0.1, -0.05) is 61.2 Å². The van der Waals surface area contributed by atoms with E-state index in [9.17, 15) is 14.0 Å². The van der Waals surface area contributed by atoms with E-state index in [1.165, 1.54) is 36.0 Å². The van der Waals surface area contributed by atoms with Crippen LogP contribution in [0.2, 0.25) is 0 Å². The lowest BCUT2D eigenvalue weighted by Crippen LogP contribution is -2.31. The van der Waals surface area contributed by atoms with Crippen LogP contribution >= 0.6 is 11.8 Å². The molecular formula is C25H20FNO3S. The monoisotopic (exact) mass is 433 g/mol. The first-order valence-corrected chi connectivity index (χ1v) is 10.8. The second-order valence-electron chi connectivity index (χ2n) is 6.89. The molecule has 1 aliphatic heterocycles. The van der Waals surface area contributed by atoms with Crippen molar-refractivity contribution in [2.75, 3.05) is 11.5 Å². The highest BCUT2D eigenvalue weighted by Crippen LogP contribution is 2.43. The Morgan fingerprint density at radius 2 is 1.55 bits per heavy atom. The number of halogens is 1. The molecule has 0 fully saturated rings. The van der Waals surface area contributed by atoms with Gasteiger partial charge in [-0.25, -0.2) is 9.29 Å². The molecular weight excluding hydrogens is 413 g/mol. The quantitative estimate of drug-likeness (QED) is 0.449. The summed E-state index contributed by atoms with van der Waals surface area (Å²) in [6, 6.07) is 22.0. The minimum Gasteiger partial charge on any atom is -0.491 e. The molecule has 0 bridgehead atoms. The Bertz CT molecular complexity index is 1140. The molecule has 4 rings (SSSR count). The Morgan fingerprint density at radius 1 is 0.871 bits per heavy atom. The molecule has 6 heteroatoms. The highest BCUT2D eigenvalue weighted by molar-refractivity contribution is 8.04. The maximum Gasteiger partial charge on any atom is 0.273 e. The molecule has 0 N–H and O–H groups in total. The molecule has 0 spiro atoms. The van der Waals surface area contributed by atoms with Crippen LogP contribution in [0.4, 0.5) is 10.1 Å². The normalized spacial score (nSPS) is 13.8. The summed E-state index contributed by atoms with van der Waals surface area (Å²) in [7, 11) is 0. The number of nitrogens with zero attached hydrogens (tertiary/aromatic N) is 1. The molecule has 0 aliphatic carbocycles. The van der Waals surface area contributed by atoms with Crippen molar-refractivity contribution in [3.63, 3.8) is 0 Å². The van der Waals surface area contributed by atoms with Crippen LogP contribution in [0.3, 0.4) is 0 Å². The van der Waals surface area contributed by atoms with Gasteiger partial charge in [-0.3, -0.25) is 9.59 Å². The number of benzene rings is 3. The van der Waals surface area contributed by atoms with Gasteiger partial charge in [0.1, 0.15) is 11.6 Å². The zero-order chi connectivity index (χ0) is 21.8. The molecule has 0 atom stereocenters. The van der Waals surface area contributed by atoms with E-state index < -0.39 is 17.6 Å². The molecule has 0 saturated heterocycles. The third-order valence-corrected chi connectivity index (χ3v) is 5.80. The maximum absolute atomic E-state index is 13.5. The fourth-order valence-corrected chi connectivity index (χ4v) is 4.29. The van der Waals surface area contributed by atoms with Gasteiger partial charge >= 0.3 is 0 Å². The van der Waals surface area contributed by atoms with Crippen molar-refractivity contribution in [2.24, 2.45) is 0 Å². The van der Waals surface area contributed by atoms with Gasteiger partial charge in [-0.05, 0) is 48.4 Å². The van der Waals surface area contributed by atoms with Gasteiger partial charge in [0, 0.05) is 4.90 Å². The summed E-state index contributed by atoms with van der Waals surface area (Å²) in [5.41, 5.74) is 1.14. The summed E-state index contributed by atoms with van der Waals surface area (Å²) < 4.78 is 19.3. The first-order chi connectivity index (χ1) is 15.1. The number of rotatable bonds is 7. The Hall–Kier alpha value is -3.38. The summed E-state index contributed by atoms with van der Waals surface area (Å²) in [5, 5.41) is 0. The predicted octanol–water partition coefficient (Wildman–Crippen LogP) is 5.69. The van der Waals surface area contributed by atoms with Crippen LogP contribution in [0.15, 0.2) is 88.7 Å². The predicted molar refractivity (Wildman–Crippen MR) is 120 cm³/mol. The number of carbonyl (C=O) groups excluding carboxylic acids is 2. The lowest BCUT2D eigenvalue weighted by Gasteiger charge is -2.19. The minimum atomic E-state index is -0.456.